The summed E-state index contributed by atoms with van der Waals surface area (Å²) >= 11 is 0. The highest BCUT2D eigenvalue weighted by Gasteiger charge is 2.33. The molecule has 0 heterocycles. The summed E-state index contributed by atoms with van der Waals surface area (Å²) in [6, 6.07) is 24.8. The number of carbonyl (C=O) groups excluding carboxylic acids is 3. The fraction of sp³-hybridized carbons (Fsp3) is 0.103. The Morgan fingerprint density at radius 3 is 2.16 bits per heavy atom. The molecule has 0 aliphatic rings. The van der Waals surface area contributed by atoms with Crippen molar-refractivity contribution in [1.82, 2.24) is 5.31 Å². The number of hydrogen-bond donors (Lipinski definition) is 4. The van der Waals surface area contributed by atoms with Gasteiger partial charge >= 0.3 is 0 Å². The zero-order valence-electron chi connectivity index (χ0n) is 21.2. The molecule has 37 heavy (non-hydrogen) atoms. The molecule has 4 rings (SSSR count). The van der Waals surface area contributed by atoms with Gasteiger partial charge in [-0.15, -0.1) is 0 Å². The topological polar surface area (TPSA) is 142 Å². The molecule has 0 unspecified atom stereocenters. The van der Waals surface area contributed by atoms with Crippen LogP contribution in [0.3, 0.4) is 0 Å². The Hall–Kier alpha value is -4.98. The number of anilines is 1. The van der Waals surface area contributed by atoms with Crippen LogP contribution in [0.15, 0.2) is 97.1 Å². The van der Waals surface area contributed by atoms with Crippen molar-refractivity contribution < 1.29 is 15.8 Å². The van der Waals surface area contributed by atoms with E-state index >= 15 is 0 Å². The van der Waals surface area contributed by atoms with Crippen molar-refractivity contribution in [2.24, 2.45) is 11.5 Å². The highest BCUT2D eigenvalue weighted by Crippen LogP contribution is 2.27. The number of amidine groups is 1. The van der Waals surface area contributed by atoms with E-state index in [1.807, 2.05) is 30.3 Å². The highest BCUT2D eigenvalue weighted by molar-refractivity contribution is 6.07. The molecule has 4 aromatic rings. The lowest BCUT2D eigenvalue weighted by Gasteiger charge is -2.32. The summed E-state index contributed by atoms with van der Waals surface area (Å²) in [6.07, 6.45) is 0. The third kappa shape index (κ3) is 5.48. The molecule has 2 atom stereocenters. The van der Waals surface area contributed by atoms with Gasteiger partial charge in [-0.2, -0.15) is 0 Å². The van der Waals surface area contributed by atoms with E-state index < -0.39 is 29.8 Å². The average Bonchev–Trinajstić information content (AvgIpc) is 2.93. The first kappa shape index (κ1) is 23.7. The number of carbonyl (C=O) groups is 3. The number of fused-ring (bicyclic) bond motifs is 1. The largest absolute Gasteiger partial charge is 0.384 e. The van der Waals surface area contributed by atoms with Crippen molar-refractivity contribution in [3.05, 3.63) is 114 Å². The molecule has 0 bridgehead atoms. The standard InChI is InChI=1S/C29H27N5O3/c1-18(27(32)35)34(24-15-14-19-8-5-6-11-21(19)17-24)29(37)25(20-9-3-2-4-10-20)33-28(36)23-13-7-12-22(16-23)26(30)31/h2-18,25H,1H3,(H3,30,31)(H2,32,35)(H,33,36)/t18-,25+/m0/s1/i/hD. The van der Waals surface area contributed by atoms with Crippen molar-refractivity contribution in [3.63, 3.8) is 0 Å². The molecule has 186 valence electrons. The van der Waals surface area contributed by atoms with E-state index in [0.29, 0.717) is 22.1 Å². The fourth-order valence-corrected chi connectivity index (χ4v) is 4.05. The van der Waals surface area contributed by atoms with Crippen LogP contribution >= 0.6 is 0 Å². The summed E-state index contributed by atoms with van der Waals surface area (Å²) in [4.78, 5) is 41.2. The minimum absolute atomic E-state index is 0.0848. The van der Waals surface area contributed by atoms with Gasteiger partial charge in [-0.05, 0) is 47.5 Å². The van der Waals surface area contributed by atoms with Gasteiger partial charge in [0, 0.05) is 16.8 Å². The molecule has 0 aliphatic carbocycles. The lowest BCUT2D eigenvalue weighted by Crippen LogP contribution is -2.51. The molecular weight excluding hydrogens is 466 g/mol. The Balaban J connectivity index is 1.82. The number of hydrogen-bond acceptors (Lipinski definition) is 4. The second-order valence-electron chi connectivity index (χ2n) is 8.56. The lowest BCUT2D eigenvalue weighted by molar-refractivity contribution is -0.125. The van der Waals surface area contributed by atoms with Crippen LogP contribution in [-0.4, -0.2) is 29.6 Å². The minimum Gasteiger partial charge on any atom is -0.384 e. The second-order valence-corrected chi connectivity index (χ2v) is 8.56. The zero-order chi connectivity index (χ0) is 27.4. The Kier molecular flexibility index (Phi) is 6.89. The molecule has 0 saturated heterocycles. The summed E-state index contributed by atoms with van der Waals surface area (Å²) in [5.74, 6) is -2.43. The predicted octanol–water partition coefficient (Wildman–Crippen LogP) is 3.50. The van der Waals surface area contributed by atoms with E-state index in [9.17, 15) is 14.4 Å². The van der Waals surface area contributed by atoms with Crippen LogP contribution in [0.5, 0.6) is 0 Å². The molecule has 0 aromatic heterocycles. The van der Waals surface area contributed by atoms with Gasteiger partial charge in [0.15, 0.2) is 1.41 Å². The quantitative estimate of drug-likeness (QED) is 0.220. The van der Waals surface area contributed by atoms with E-state index in [4.69, 9.17) is 18.3 Å². The van der Waals surface area contributed by atoms with Crippen molar-refractivity contribution in [2.75, 3.05) is 4.90 Å². The number of nitrogens with zero attached hydrogens (tertiary/aromatic N) is 1. The third-order valence-corrected chi connectivity index (χ3v) is 6.06. The first-order valence-electron chi connectivity index (χ1n) is 12.1. The molecular formula is C29H27N5O3. The van der Waals surface area contributed by atoms with Gasteiger partial charge < -0.3 is 16.8 Å². The molecule has 6 N–H and O–H groups in total. The molecule has 8 nitrogen and oxygen atoms in total. The molecule has 0 saturated carbocycles. The van der Waals surface area contributed by atoms with Crippen LogP contribution in [0.25, 0.3) is 10.8 Å². The number of rotatable bonds is 8. The lowest BCUT2D eigenvalue weighted by atomic mass is 10.0. The normalized spacial score (nSPS) is 12.7. The third-order valence-electron chi connectivity index (χ3n) is 6.06. The van der Waals surface area contributed by atoms with E-state index in [2.05, 4.69) is 0 Å². The molecule has 4 aromatic carbocycles. The molecule has 0 radical (unpaired) electrons. The molecule has 8 heteroatoms. The molecule has 3 amide bonds. The number of primary amides is 1. The van der Waals surface area contributed by atoms with Gasteiger partial charge in [0.05, 0.1) is 0 Å². The van der Waals surface area contributed by atoms with Gasteiger partial charge in [-0.3, -0.25) is 24.7 Å². The van der Waals surface area contributed by atoms with Crippen LogP contribution in [0.4, 0.5) is 5.69 Å². The van der Waals surface area contributed by atoms with E-state index in [0.717, 1.165) is 10.8 Å². The number of nitrogens with one attached hydrogen (secondary N) is 2. The van der Waals surface area contributed by atoms with E-state index in [-0.39, 0.29) is 11.4 Å². The maximum Gasteiger partial charge on any atom is 0.254 e. The smallest absolute Gasteiger partial charge is 0.254 e. The maximum atomic E-state index is 14.2. The molecule has 0 spiro atoms. The minimum atomic E-state index is -1.40. The van der Waals surface area contributed by atoms with Crippen LogP contribution in [0.2, 0.25) is 1.41 Å². The maximum absolute atomic E-state index is 14.2. The van der Waals surface area contributed by atoms with Crippen molar-refractivity contribution in [3.8, 4) is 0 Å². The van der Waals surface area contributed by atoms with E-state index in [1.54, 1.807) is 54.6 Å². The Morgan fingerprint density at radius 1 is 0.838 bits per heavy atom. The first-order valence-corrected chi connectivity index (χ1v) is 11.6. The second kappa shape index (κ2) is 10.7. The molecule has 0 fully saturated rings. The van der Waals surface area contributed by atoms with Crippen LogP contribution < -0.4 is 21.7 Å². The Morgan fingerprint density at radius 2 is 1.49 bits per heavy atom. The van der Waals surface area contributed by atoms with Gasteiger partial charge in [-0.25, -0.2) is 0 Å². The van der Waals surface area contributed by atoms with Crippen molar-refractivity contribution in [1.29, 1.82) is 5.41 Å². The van der Waals surface area contributed by atoms with Gasteiger partial charge in [0.2, 0.25) is 5.91 Å². The van der Waals surface area contributed by atoms with Crippen LogP contribution in [0, 0.1) is 5.41 Å². The monoisotopic (exact) mass is 494 g/mol. The molecule has 0 aliphatic heterocycles. The first-order chi connectivity index (χ1) is 18.2. The SMILES string of the molecule is [2H]N(C(=O)c1cccc(C(=N)N)c1)[C@@H](C(=O)N(c1ccc2ccccc2c1)[C@@H](C)C(N)=O)c1ccccc1. The van der Waals surface area contributed by atoms with Gasteiger partial charge in [0.25, 0.3) is 11.8 Å². The summed E-state index contributed by atoms with van der Waals surface area (Å²) in [5.41, 5.74) is 12.4. The summed E-state index contributed by atoms with van der Waals surface area (Å²) < 4.78 is 8.79. The Bertz CT molecular complexity index is 1530. The van der Waals surface area contributed by atoms with E-state index in [1.165, 1.54) is 24.0 Å². The fourth-order valence-electron chi connectivity index (χ4n) is 4.05. The van der Waals surface area contributed by atoms with Crippen molar-refractivity contribution in [2.45, 2.75) is 19.0 Å². The van der Waals surface area contributed by atoms with Gasteiger partial charge in [0.1, 0.15) is 17.9 Å². The van der Waals surface area contributed by atoms with Crippen molar-refractivity contribution >= 4 is 40.0 Å². The number of amides is 3. The van der Waals surface area contributed by atoms with Crippen LogP contribution in [-0.2, 0) is 9.59 Å². The highest BCUT2D eigenvalue weighted by atomic mass is 16.2. The number of benzene rings is 4. The average molecular weight is 495 g/mol. The summed E-state index contributed by atoms with van der Waals surface area (Å²) in [7, 11) is 0. The number of nitrogen functional groups attached to an aromatic ring is 1. The predicted molar refractivity (Wildman–Crippen MR) is 144 cm³/mol. The zero-order valence-corrected chi connectivity index (χ0v) is 20.2. The number of nitrogens with two attached hydrogens (primary N) is 2. The Labute approximate surface area is 215 Å². The van der Waals surface area contributed by atoms with Gasteiger partial charge in [-0.1, -0.05) is 72.8 Å². The summed E-state index contributed by atoms with van der Waals surface area (Å²) in [5, 5.41) is 10.0. The summed E-state index contributed by atoms with van der Waals surface area (Å²) in [6.45, 7) is 1.50. The van der Waals surface area contributed by atoms with Crippen LogP contribution in [0.1, 0.15) is 34.5 Å².